The number of hydrogen-bond donors (Lipinski definition) is 1. The van der Waals surface area contributed by atoms with Gasteiger partial charge in [-0.1, -0.05) is 54.1 Å². The first-order chi connectivity index (χ1) is 20.7. The summed E-state index contributed by atoms with van der Waals surface area (Å²) in [4.78, 5) is 27.3. The molecule has 0 aliphatic carbocycles. The van der Waals surface area contributed by atoms with E-state index in [2.05, 4.69) is 0 Å². The van der Waals surface area contributed by atoms with Gasteiger partial charge in [-0.2, -0.15) is 8.42 Å². The molecule has 1 atom stereocenters. The van der Waals surface area contributed by atoms with E-state index in [1.54, 1.807) is 24.0 Å². The fourth-order valence-corrected chi connectivity index (χ4v) is 7.50. The molecule has 1 unspecified atom stereocenters. The van der Waals surface area contributed by atoms with Crippen LogP contribution in [-0.4, -0.2) is 65.2 Å². The van der Waals surface area contributed by atoms with Crippen LogP contribution >= 0.6 is 0 Å². The summed E-state index contributed by atoms with van der Waals surface area (Å²) in [5, 5.41) is 11.2. The molecule has 0 radical (unpaired) electrons. The van der Waals surface area contributed by atoms with Crippen LogP contribution in [0.25, 0.3) is 0 Å². The van der Waals surface area contributed by atoms with E-state index in [-0.39, 0.29) is 46.8 Å². The highest BCUT2D eigenvalue weighted by molar-refractivity contribution is 7.89. The van der Waals surface area contributed by atoms with Gasteiger partial charge < -0.3 is 19.4 Å². The first-order valence-corrected chi connectivity index (χ1v) is 17.3. The third kappa shape index (κ3) is 6.85. The number of amides is 1. The monoisotopic (exact) mass is 664 g/mol. The van der Waals surface area contributed by atoms with E-state index in [1.165, 1.54) is 60.7 Å². The number of hydrogen-bond acceptors (Lipinski definition) is 11. The molecule has 1 N–H and O–H groups in total. The van der Waals surface area contributed by atoms with Gasteiger partial charge >= 0.3 is 0 Å². The lowest BCUT2D eigenvalue weighted by Crippen LogP contribution is -2.54. The molecular weight excluding hydrogens is 637 g/mol. The minimum atomic E-state index is -4.71. The Morgan fingerprint density at radius 1 is 0.932 bits per heavy atom. The van der Waals surface area contributed by atoms with Gasteiger partial charge in [0.2, 0.25) is 5.60 Å². The van der Waals surface area contributed by atoms with Gasteiger partial charge in [0.05, 0.1) is 22.0 Å². The number of para-hydroxylation sites is 2. The van der Waals surface area contributed by atoms with Crippen molar-refractivity contribution in [2.75, 3.05) is 23.7 Å². The van der Waals surface area contributed by atoms with E-state index in [0.29, 0.717) is 4.31 Å². The Labute approximate surface area is 257 Å². The summed E-state index contributed by atoms with van der Waals surface area (Å²) in [6, 6.07) is 17.5. The summed E-state index contributed by atoms with van der Waals surface area (Å²) in [5.41, 5.74) is -1.58. The van der Waals surface area contributed by atoms with Gasteiger partial charge in [0.15, 0.2) is 0 Å². The van der Waals surface area contributed by atoms with Crippen LogP contribution in [0.5, 0.6) is 0 Å². The second kappa shape index (κ2) is 13.1. The molecule has 236 valence electrons. The Bertz CT molecular complexity index is 1750. The maximum Gasteiger partial charge on any atom is 0.279 e. The third-order valence-electron chi connectivity index (χ3n) is 7.00. The van der Waals surface area contributed by atoms with Crippen molar-refractivity contribution in [3.63, 3.8) is 0 Å². The molecule has 44 heavy (non-hydrogen) atoms. The molecule has 1 aliphatic rings. The quantitative estimate of drug-likeness (QED) is 0.204. The third-order valence-corrected chi connectivity index (χ3v) is 9.99. The lowest BCUT2D eigenvalue weighted by molar-refractivity contribution is -0.305. The molecule has 16 heteroatoms. The minimum absolute atomic E-state index is 0.00442. The Balaban J connectivity index is 1.96. The Morgan fingerprint density at radius 3 is 1.98 bits per heavy atom. The van der Waals surface area contributed by atoms with Gasteiger partial charge in [-0.05, 0) is 50.5 Å². The number of carboxylic acid groups (broad SMARTS) is 1. The number of carbonyl (C=O) groups is 2. The van der Waals surface area contributed by atoms with Gasteiger partial charge in [-0.25, -0.2) is 16.9 Å². The molecule has 0 spiro atoms. The molecule has 1 amide bonds. The maximum absolute atomic E-state index is 14.8. The van der Waals surface area contributed by atoms with Crippen LogP contribution in [-0.2, 0) is 50.9 Å². The van der Waals surface area contributed by atoms with E-state index < -0.39 is 67.7 Å². The standard InChI is InChI=1S/C28H30N2O11S3/c1-20-13-15-21(16-14-20)44(39,40)30(18-6-12-26(31)32)27(33)28(41-42(34)35)22-8-2-4-10-24(22)29(17-7-19-43(36,37)38)25-11-5-3-9-23(25)28/h2-5,8-11,13-16H,6-7,12,17-19H2,1H3,(H,31,32)(H,34,35)(H,36,37,38)/p-2. The predicted octanol–water partition coefficient (Wildman–Crippen LogP) is 1.53. The molecule has 13 nitrogen and oxygen atoms in total. The molecule has 3 aromatic carbocycles. The number of carboxylic acids is 1. The van der Waals surface area contributed by atoms with Gasteiger partial charge in [0.1, 0.15) is 0 Å². The number of sulfonamides is 1. The van der Waals surface area contributed by atoms with E-state index in [0.717, 1.165) is 5.56 Å². The predicted molar refractivity (Wildman–Crippen MR) is 156 cm³/mol. The molecule has 4 rings (SSSR count). The Morgan fingerprint density at radius 2 is 1.48 bits per heavy atom. The molecular formula is C28H28N2O11S3-2. The number of rotatable bonds is 13. The van der Waals surface area contributed by atoms with E-state index in [4.69, 9.17) is 4.18 Å². The molecule has 0 saturated heterocycles. The van der Waals surface area contributed by atoms with Crippen LogP contribution in [0.4, 0.5) is 11.4 Å². The number of aliphatic carboxylic acids is 1. The van der Waals surface area contributed by atoms with Crippen LogP contribution in [0.3, 0.4) is 0 Å². The van der Waals surface area contributed by atoms with Crippen molar-refractivity contribution < 1.29 is 49.0 Å². The fourth-order valence-electron chi connectivity index (χ4n) is 5.10. The second-order valence-electron chi connectivity index (χ2n) is 9.97. The van der Waals surface area contributed by atoms with Crippen LogP contribution in [0.15, 0.2) is 77.7 Å². The highest BCUT2D eigenvalue weighted by Crippen LogP contribution is 2.51. The van der Waals surface area contributed by atoms with Crippen molar-refractivity contribution in [1.82, 2.24) is 4.31 Å². The summed E-state index contributed by atoms with van der Waals surface area (Å²) in [7, 11) is -9.02. The summed E-state index contributed by atoms with van der Waals surface area (Å²) in [5.74, 6) is -3.39. The number of carbonyl (C=O) groups excluding carboxylic acids is 2. The molecule has 0 aromatic heterocycles. The number of benzene rings is 3. The zero-order chi connectivity index (χ0) is 32.3. The van der Waals surface area contributed by atoms with Gasteiger partial charge in [0.25, 0.3) is 26.0 Å². The van der Waals surface area contributed by atoms with Crippen molar-refractivity contribution in [3.05, 3.63) is 89.5 Å². The largest absolute Gasteiger partial charge is 0.750 e. The lowest BCUT2D eigenvalue weighted by atomic mass is 9.79. The van der Waals surface area contributed by atoms with Crippen LogP contribution in [0.2, 0.25) is 0 Å². The average molecular weight is 665 g/mol. The minimum Gasteiger partial charge on any atom is -0.750 e. The molecule has 1 aliphatic heterocycles. The van der Waals surface area contributed by atoms with E-state index in [1.807, 2.05) is 0 Å². The van der Waals surface area contributed by atoms with Crippen molar-refractivity contribution in [3.8, 4) is 0 Å². The van der Waals surface area contributed by atoms with Crippen molar-refractivity contribution >= 4 is 54.8 Å². The SMILES string of the molecule is Cc1ccc(S(=O)(=O)N(CCCC(=O)[O-])C(=O)C2(OS(=O)[O-])c3ccccc3N(CCCS(=O)(=O)O)c3ccccc32)cc1. The number of aryl methyl sites for hydroxylation is 1. The topological polar surface area (TPSA) is 202 Å². The average Bonchev–Trinajstić information content (AvgIpc) is 2.95. The summed E-state index contributed by atoms with van der Waals surface area (Å²) >= 11 is -3.40. The van der Waals surface area contributed by atoms with Crippen molar-refractivity contribution in [1.29, 1.82) is 0 Å². The summed E-state index contributed by atoms with van der Waals surface area (Å²) < 4.78 is 90.5. The second-order valence-corrected chi connectivity index (χ2v) is 14.0. The van der Waals surface area contributed by atoms with Crippen molar-refractivity contribution in [2.24, 2.45) is 0 Å². The Hall–Kier alpha value is -3.67. The van der Waals surface area contributed by atoms with Gasteiger partial charge in [-0.3, -0.25) is 13.5 Å². The summed E-state index contributed by atoms with van der Waals surface area (Å²) in [6.45, 7) is 1.07. The Kier molecular flexibility index (Phi) is 9.92. The molecule has 0 fully saturated rings. The lowest BCUT2D eigenvalue weighted by Gasteiger charge is -2.45. The molecule has 1 heterocycles. The zero-order valence-corrected chi connectivity index (χ0v) is 25.8. The normalized spacial score (nSPS) is 14.8. The van der Waals surface area contributed by atoms with Gasteiger partial charge in [0, 0.05) is 41.6 Å². The molecule has 3 aromatic rings. The number of anilines is 2. The fraction of sp³-hybridized carbons (Fsp3) is 0.286. The highest BCUT2D eigenvalue weighted by Gasteiger charge is 2.55. The van der Waals surface area contributed by atoms with Crippen LogP contribution in [0.1, 0.15) is 36.0 Å². The van der Waals surface area contributed by atoms with Crippen molar-refractivity contribution in [2.45, 2.75) is 36.7 Å². The van der Waals surface area contributed by atoms with E-state index >= 15 is 0 Å². The van der Waals surface area contributed by atoms with Crippen LogP contribution < -0.4 is 10.0 Å². The summed E-state index contributed by atoms with van der Waals surface area (Å²) in [6.07, 6.45) is -1.00. The number of fused-ring (bicyclic) bond motifs is 2. The molecule has 0 bridgehead atoms. The van der Waals surface area contributed by atoms with E-state index in [9.17, 15) is 44.8 Å². The smallest absolute Gasteiger partial charge is 0.279 e. The zero-order valence-electron chi connectivity index (χ0n) is 23.3. The molecule has 0 saturated carbocycles. The van der Waals surface area contributed by atoms with Crippen LogP contribution in [0, 0.1) is 6.92 Å². The first-order valence-electron chi connectivity index (χ1n) is 13.2. The van der Waals surface area contributed by atoms with Gasteiger partial charge in [-0.15, -0.1) is 0 Å². The first kappa shape index (κ1) is 33.2. The highest BCUT2D eigenvalue weighted by atomic mass is 32.2. The maximum atomic E-state index is 14.8. The number of nitrogens with zero attached hydrogens (tertiary/aromatic N) is 2.